The van der Waals surface area contributed by atoms with E-state index in [9.17, 15) is 9.90 Å². The fourth-order valence-electron chi connectivity index (χ4n) is 3.25. The fourth-order valence-corrected chi connectivity index (χ4v) is 3.25. The Morgan fingerprint density at radius 3 is 2.80 bits per heavy atom. The molecular formula is C19H14N8O3. The number of azo groups is 1. The predicted octanol–water partition coefficient (Wildman–Crippen LogP) is 3.17. The molecule has 2 aromatic carbocycles. The summed E-state index contributed by atoms with van der Waals surface area (Å²) in [5.41, 5.74) is 8.25. The van der Waals surface area contributed by atoms with Crippen molar-refractivity contribution in [3.8, 4) is 17.4 Å². The van der Waals surface area contributed by atoms with Gasteiger partial charge in [0.1, 0.15) is 6.54 Å². The number of nitrogens with two attached hydrogens (primary N) is 1. The number of hydrogen-bond donors (Lipinski definition) is 3. The maximum atomic E-state index is 12.6. The van der Waals surface area contributed by atoms with Crippen LogP contribution in [0.25, 0.3) is 33.5 Å². The van der Waals surface area contributed by atoms with Gasteiger partial charge < -0.3 is 20.4 Å². The smallest absolute Gasteiger partial charge is 0.284 e. The summed E-state index contributed by atoms with van der Waals surface area (Å²) in [6, 6.07) is 14.4. The van der Waals surface area contributed by atoms with Crippen LogP contribution in [-0.2, 0) is 11.3 Å². The van der Waals surface area contributed by atoms with Gasteiger partial charge in [-0.3, -0.25) is 4.79 Å². The second kappa shape index (κ2) is 6.81. The Morgan fingerprint density at radius 2 is 1.97 bits per heavy atom. The third kappa shape index (κ3) is 2.85. The van der Waals surface area contributed by atoms with Crippen LogP contribution in [0.5, 0.6) is 5.88 Å². The van der Waals surface area contributed by atoms with Crippen molar-refractivity contribution in [1.82, 2.24) is 24.8 Å². The number of aromatic amines is 1. The van der Waals surface area contributed by atoms with E-state index >= 15 is 0 Å². The third-order valence-corrected chi connectivity index (χ3v) is 4.59. The second-order valence-electron chi connectivity index (χ2n) is 6.47. The summed E-state index contributed by atoms with van der Waals surface area (Å²) in [5, 5.41) is 25.8. The zero-order valence-corrected chi connectivity index (χ0v) is 15.4. The number of nitrogen functional groups attached to an aromatic ring is 1. The van der Waals surface area contributed by atoms with Gasteiger partial charge in [-0.1, -0.05) is 30.3 Å². The zero-order chi connectivity index (χ0) is 20.7. The predicted molar refractivity (Wildman–Crippen MR) is 107 cm³/mol. The van der Waals surface area contributed by atoms with E-state index < -0.39 is 5.91 Å². The van der Waals surface area contributed by atoms with Gasteiger partial charge in [0, 0.05) is 5.39 Å². The normalized spacial score (nSPS) is 11.7. The first-order valence-electron chi connectivity index (χ1n) is 8.89. The minimum absolute atomic E-state index is 0.0596. The molecule has 11 heteroatoms. The van der Waals surface area contributed by atoms with Gasteiger partial charge in [0.25, 0.3) is 5.91 Å². The zero-order valence-electron chi connectivity index (χ0n) is 15.4. The van der Waals surface area contributed by atoms with Gasteiger partial charge in [-0.05, 0) is 28.5 Å². The van der Waals surface area contributed by atoms with Crippen molar-refractivity contribution in [3.05, 3.63) is 48.5 Å². The standard InChI is InChI=1S/C19H14N8O3/c20-17-16(25-30-26-17)18-21-12-7-3-4-8-13(12)27(18)9-14(28)23-24-15-10-5-1-2-6-11(10)22-19(15)29/h1-8,22,29H,9H2,(H2,20,26). The number of aromatic hydroxyl groups is 1. The first-order chi connectivity index (χ1) is 14.6. The summed E-state index contributed by atoms with van der Waals surface area (Å²) in [5.74, 6) is -0.333. The van der Waals surface area contributed by atoms with E-state index in [4.69, 9.17) is 5.73 Å². The first kappa shape index (κ1) is 17.6. The average molecular weight is 402 g/mol. The quantitative estimate of drug-likeness (QED) is 0.389. The Bertz CT molecular complexity index is 1430. The van der Waals surface area contributed by atoms with E-state index in [0.29, 0.717) is 27.8 Å². The molecule has 0 saturated heterocycles. The molecule has 11 nitrogen and oxygen atoms in total. The lowest BCUT2D eigenvalue weighted by Crippen LogP contribution is -2.09. The number of anilines is 1. The molecule has 0 aliphatic carbocycles. The van der Waals surface area contributed by atoms with Crippen molar-refractivity contribution in [2.45, 2.75) is 6.54 Å². The highest BCUT2D eigenvalue weighted by atomic mass is 16.6. The topological polar surface area (TPSA) is 161 Å². The lowest BCUT2D eigenvalue weighted by molar-refractivity contribution is -0.118. The Kier molecular flexibility index (Phi) is 3.98. The van der Waals surface area contributed by atoms with Gasteiger partial charge in [0.15, 0.2) is 23.0 Å². The number of aromatic nitrogens is 5. The molecule has 3 aromatic heterocycles. The van der Waals surface area contributed by atoms with E-state index in [1.165, 1.54) is 0 Å². The Balaban J connectivity index is 1.51. The molecule has 5 aromatic rings. The molecule has 1 amide bonds. The van der Waals surface area contributed by atoms with Crippen molar-refractivity contribution >= 4 is 39.3 Å². The highest BCUT2D eigenvalue weighted by Crippen LogP contribution is 2.35. The molecule has 0 spiro atoms. The third-order valence-electron chi connectivity index (χ3n) is 4.59. The molecule has 0 atom stereocenters. The van der Waals surface area contributed by atoms with Crippen LogP contribution < -0.4 is 5.73 Å². The Morgan fingerprint density at radius 1 is 1.17 bits per heavy atom. The van der Waals surface area contributed by atoms with Crippen molar-refractivity contribution in [1.29, 1.82) is 0 Å². The van der Waals surface area contributed by atoms with E-state index in [2.05, 4.69) is 35.1 Å². The lowest BCUT2D eigenvalue weighted by atomic mass is 10.2. The number of H-pyrrole nitrogens is 1. The number of imidazole rings is 1. The highest BCUT2D eigenvalue weighted by Gasteiger charge is 2.20. The first-order valence-corrected chi connectivity index (χ1v) is 8.89. The molecular weight excluding hydrogens is 388 g/mol. The number of carbonyl (C=O) groups is 1. The molecule has 148 valence electrons. The van der Waals surface area contributed by atoms with Crippen LogP contribution in [0.3, 0.4) is 0 Å². The summed E-state index contributed by atoms with van der Waals surface area (Å²) >= 11 is 0. The molecule has 0 aliphatic rings. The molecule has 0 saturated carbocycles. The molecule has 0 aliphatic heterocycles. The maximum absolute atomic E-state index is 12.6. The van der Waals surface area contributed by atoms with Crippen molar-refractivity contribution in [2.75, 3.05) is 5.73 Å². The van der Waals surface area contributed by atoms with Gasteiger partial charge in [-0.25, -0.2) is 9.61 Å². The van der Waals surface area contributed by atoms with Crippen molar-refractivity contribution in [2.24, 2.45) is 10.2 Å². The summed E-state index contributed by atoms with van der Waals surface area (Å²) in [4.78, 5) is 19.9. The largest absolute Gasteiger partial charge is 0.493 e. The van der Waals surface area contributed by atoms with E-state index in [-0.39, 0.29) is 29.6 Å². The second-order valence-corrected chi connectivity index (χ2v) is 6.47. The average Bonchev–Trinajstić information content (AvgIpc) is 3.41. The maximum Gasteiger partial charge on any atom is 0.284 e. The van der Waals surface area contributed by atoms with Crippen LogP contribution in [0.1, 0.15) is 0 Å². The lowest BCUT2D eigenvalue weighted by Gasteiger charge is -2.04. The fraction of sp³-hybridized carbons (Fsp3) is 0.0526. The molecule has 0 bridgehead atoms. The van der Waals surface area contributed by atoms with Crippen LogP contribution in [-0.4, -0.2) is 35.9 Å². The summed E-state index contributed by atoms with van der Waals surface area (Å²) in [6.07, 6.45) is 0. The van der Waals surface area contributed by atoms with Crippen LogP contribution in [0.2, 0.25) is 0 Å². The van der Waals surface area contributed by atoms with Crippen LogP contribution in [0, 0.1) is 0 Å². The Labute approximate surface area is 167 Å². The number of fused-ring (bicyclic) bond motifs is 2. The summed E-state index contributed by atoms with van der Waals surface area (Å²) < 4.78 is 6.28. The molecule has 0 fully saturated rings. The SMILES string of the molecule is Nc1nonc1-c1nc2ccccc2n1CC(=O)N=Nc1c(O)[nH]c2ccccc12. The van der Waals surface area contributed by atoms with Gasteiger partial charge in [0.2, 0.25) is 5.88 Å². The number of hydrogen-bond acceptors (Lipinski definition) is 8. The number of nitrogens with one attached hydrogen (secondary N) is 1. The van der Waals surface area contributed by atoms with Crippen molar-refractivity contribution < 1.29 is 14.5 Å². The molecule has 4 N–H and O–H groups in total. The number of amides is 1. The van der Waals surface area contributed by atoms with Crippen LogP contribution in [0.4, 0.5) is 11.5 Å². The molecule has 0 unspecified atom stereocenters. The molecule has 3 heterocycles. The highest BCUT2D eigenvalue weighted by molar-refractivity contribution is 5.94. The molecule has 5 rings (SSSR count). The van der Waals surface area contributed by atoms with E-state index in [1.54, 1.807) is 28.8 Å². The van der Waals surface area contributed by atoms with Gasteiger partial charge in [0.05, 0.1) is 16.6 Å². The minimum atomic E-state index is -0.556. The van der Waals surface area contributed by atoms with Crippen LogP contribution in [0.15, 0.2) is 63.4 Å². The Hall–Kier alpha value is -4.54. The number of nitrogens with zero attached hydrogens (tertiary/aromatic N) is 6. The summed E-state index contributed by atoms with van der Waals surface area (Å²) in [7, 11) is 0. The summed E-state index contributed by atoms with van der Waals surface area (Å²) in [6.45, 7) is -0.172. The number of benzene rings is 2. The van der Waals surface area contributed by atoms with Gasteiger partial charge in [-0.15, -0.1) is 10.2 Å². The van der Waals surface area contributed by atoms with Gasteiger partial charge >= 0.3 is 0 Å². The van der Waals surface area contributed by atoms with Gasteiger partial charge in [-0.2, -0.15) is 0 Å². The molecule has 30 heavy (non-hydrogen) atoms. The van der Waals surface area contributed by atoms with Crippen molar-refractivity contribution in [3.63, 3.8) is 0 Å². The number of rotatable bonds is 4. The van der Waals surface area contributed by atoms with E-state index in [0.717, 1.165) is 0 Å². The monoisotopic (exact) mass is 402 g/mol. The minimum Gasteiger partial charge on any atom is -0.493 e. The number of para-hydroxylation sites is 3. The molecule has 0 radical (unpaired) electrons. The van der Waals surface area contributed by atoms with E-state index in [1.807, 2.05) is 24.3 Å². The number of carbonyl (C=O) groups excluding carboxylic acids is 1. The van der Waals surface area contributed by atoms with Crippen LogP contribution >= 0.6 is 0 Å².